The van der Waals surface area contributed by atoms with Gasteiger partial charge in [-0.1, -0.05) is 0 Å². The van der Waals surface area contributed by atoms with Crippen LogP contribution in [-0.2, 0) is 10.8 Å². The Kier molecular flexibility index (Phi) is 4.65. The number of hydrogen-bond acceptors (Lipinski definition) is 5. The van der Waals surface area contributed by atoms with E-state index >= 15 is 0 Å². The summed E-state index contributed by atoms with van der Waals surface area (Å²) in [5.74, 6) is 1.45. The summed E-state index contributed by atoms with van der Waals surface area (Å²) in [7, 11) is -1.21. The maximum absolute atomic E-state index is 11.4. The molecule has 0 fully saturated rings. The molecule has 0 amide bonds. The molecule has 0 radical (unpaired) electrons. The second-order valence-electron chi connectivity index (χ2n) is 2.76. The maximum Gasteiger partial charge on any atom is 0.165 e. The number of thioether (sulfide) groups is 1. The SMILES string of the molecule is CSCCNc1n[nH]c(C#N)c1S(C)=O. The summed E-state index contributed by atoms with van der Waals surface area (Å²) in [4.78, 5) is 0.457. The van der Waals surface area contributed by atoms with E-state index in [0.29, 0.717) is 10.7 Å². The fraction of sp³-hybridized carbons (Fsp3) is 0.500. The minimum atomic E-state index is -1.21. The average Bonchev–Trinajstić information content (AvgIpc) is 2.61. The predicted molar refractivity (Wildman–Crippen MR) is 62.5 cm³/mol. The molecule has 2 N–H and O–H groups in total. The van der Waals surface area contributed by atoms with Crippen molar-refractivity contribution in [2.45, 2.75) is 4.90 Å². The van der Waals surface area contributed by atoms with Gasteiger partial charge in [0.15, 0.2) is 11.5 Å². The van der Waals surface area contributed by atoms with Gasteiger partial charge in [-0.05, 0) is 6.26 Å². The van der Waals surface area contributed by atoms with Crippen molar-refractivity contribution in [2.75, 3.05) is 30.1 Å². The summed E-state index contributed by atoms with van der Waals surface area (Å²) >= 11 is 1.71. The van der Waals surface area contributed by atoms with Crippen LogP contribution in [0.4, 0.5) is 5.82 Å². The highest BCUT2D eigenvalue weighted by atomic mass is 32.2. The van der Waals surface area contributed by atoms with Crippen molar-refractivity contribution in [2.24, 2.45) is 0 Å². The summed E-state index contributed by atoms with van der Waals surface area (Å²) < 4.78 is 11.4. The molecule has 0 saturated carbocycles. The summed E-state index contributed by atoms with van der Waals surface area (Å²) in [5.41, 5.74) is 0.266. The number of nitriles is 1. The lowest BCUT2D eigenvalue weighted by Crippen LogP contribution is -2.06. The monoisotopic (exact) mass is 244 g/mol. The van der Waals surface area contributed by atoms with Crippen LogP contribution in [0, 0.1) is 11.3 Å². The summed E-state index contributed by atoms with van der Waals surface area (Å²) in [5, 5.41) is 18.3. The molecule has 1 rings (SSSR count). The third kappa shape index (κ3) is 2.97. The Morgan fingerprint density at radius 2 is 2.47 bits per heavy atom. The zero-order valence-electron chi connectivity index (χ0n) is 8.53. The quantitative estimate of drug-likeness (QED) is 0.748. The van der Waals surface area contributed by atoms with Crippen LogP contribution in [0.15, 0.2) is 4.90 Å². The molecule has 7 heteroatoms. The molecule has 1 unspecified atom stereocenters. The van der Waals surface area contributed by atoms with Crippen molar-refractivity contribution in [3.63, 3.8) is 0 Å². The summed E-state index contributed by atoms with van der Waals surface area (Å²) in [6, 6.07) is 1.93. The van der Waals surface area contributed by atoms with E-state index in [1.165, 1.54) is 6.26 Å². The van der Waals surface area contributed by atoms with Gasteiger partial charge in [0, 0.05) is 18.6 Å². The maximum atomic E-state index is 11.4. The molecule has 0 bridgehead atoms. The summed E-state index contributed by atoms with van der Waals surface area (Å²) in [6.45, 7) is 0.737. The predicted octanol–water partition coefficient (Wildman–Crippen LogP) is 0.794. The Balaban J connectivity index is 2.84. The lowest BCUT2D eigenvalue weighted by molar-refractivity contribution is 0.687. The first-order valence-corrected chi connectivity index (χ1v) is 7.20. The number of nitrogens with one attached hydrogen (secondary N) is 2. The van der Waals surface area contributed by atoms with Crippen LogP contribution in [0.3, 0.4) is 0 Å². The Labute approximate surface area is 95.1 Å². The van der Waals surface area contributed by atoms with Gasteiger partial charge < -0.3 is 5.32 Å². The van der Waals surface area contributed by atoms with Crippen LogP contribution in [0.5, 0.6) is 0 Å². The number of H-pyrrole nitrogens is 1. The van der Waals surface area contributed by atoms with Crippen LogP contribution in [0.25, 0.3) is 0 Å². The van der Waals surface area contributed by atoms with Gasteiger partial charge in [-0.3, -0.25) is 9.31 Å². The van der Waals surface area contributed by atoms with Crippen molar-refractivity contribution in [3.05, 3.63) is 5.69 Å². The molecule has 0 saturated heterocycles. The van der Waals surface area contributed by atoms with E-state index in [2.05, 4.69) is 15.5 Å². The Morgan fingerprint density at radius 3 is 3.00 bits per heavy atom. The lowest BCUT2D eigenvalue weighted by Gasteiger charge is -2.02. The fourth-order valence-electron chi connectivity index (χ4n) is 1.08. The molecule has 0 aliphatic carbocycles. The highest BCUT2D eigenvalue weighted by Gasteiger charge is 2.15. The normalized spacial score (nSPS) is 12.1. The van der Waals surface area contributed by atoms with Gasteiger partial charge in [0.05, 0.1) is 10.8 Å². The van der Waals surface area contributed by atoms with Crippen LogP contribution in [0.1, 0.15) is 5.69 Å². The summed E-state index contributed by atoms with van der Waals surface area (Å²) in [6.07, 6.45) is 3.54. The number of aromatic amines is 1. The number of nitrogens with zero attached hydrogens (tertiary/aromatic N) is 2. The largest absolute Gasteiger partial charge is 0.367 e. The Morgan fingerprint density at radius 1 is 1.73 bits per heavy atom. The van der Waals surface area contributed by atoms with Gasteiger partial charge in [-0.2, -0.15) is 22.1 Å². The molecule has 0 aromatic carbocycles. The van der Waals surface area contributed by atoms with Gasteiger partial charge >= 0.3 is 0 Å². The molecule has 0 aliphatic rings. The van der Waals surface area contributed by atoms with Crippen molar-refractivity contribution in [1.82, 2.24) is 10.2 Å². The number of rotatable bonds is 5. The van der Waals surface area contributed by atoms with Crippen molar-refractivity contribution < 1.29 is 4.21 Å². The molecule has 1 aromatic rings. The molecule has 82 valence electrons. The zero-order valence-corrected chi connectivity index (χ0v) is 10.2. The molecule has 1 atom stereocenters. The van der Waals surface area contributed by atoms with Gasteiger partial charge in [-0.25, -0.2) is 0 Å². The van der Waals surface area contributed by atoms with Gasteiger partial charge in [0.2, 0.25) is 0 Å². The van der Waals surface area contributed by atoms with E-state index in [-0.39, 0.29) is 5.69 Å². The number of hydrogen-bond donors (Lipinski definition) is 2. The fourth-order valence-corrected chi connectivity index (χ4v) is 2.15. The third-order valence-electron chi connectivity index (χ3n) is 1.72. The van der Waals surface area contributed by atoms with E-state index in [1.807, 2.05) is 12.3 Å². The van der Waals surface area contributed by atoms with Gasteiger partial charge in [0.25, 0.3) is 0 Å². The van der Waals surface area contributed by atoms with Crippen molar-refractivity contribution >= 4 is 28.4 Å². The molecular formula is C8H12N4OS2. The third-order valence-corrected chi connectivity index (χ3v) is 3.30. The average molecular weight is 244 g/mol. The van der Waals surface area contributed by atoms with Crippen LogP contribution < -0.4 is 5.32 Å². The van der Waals surface area contributed by atoms with Gasteiger partial charge in [-0.15, -0.1) is 0 Å². The second kappa shape index (κ2) is 5.78. The lowest BCUT2D eigenvalue weighted by atomic mass is 10.4. The van der Waals surface area contributed by atoms with E-state index in [9.17, 15) is 4.21 Å². The Bertz CT molecular complexity index is 396. The molecule has 1 aromatic heterocycles. The first-order chi connectivity index (χ1) is 7.20. The standard InChI is InChI=1S/C8H12N4OS2/c1-14-4-3-10-8-7(15(2)13)6(5-9)11-12-8/h3-4H2,1-2H3,(H2,10,11,12). The molecular weight excluding hydrogens is 232 g/mol. The molecule has 5 nitrogen and oxygen atoms in total. The van der Waals surface area contributed by atoms with Crippen LogP contribution in [0.2, 0.25) is 0 Å². The van der Waals surface area contributed by atoms with Crippen molar-refractivity contribution in [1.29, 1.82) is 5.26 Å². The molecule has 1 heterocycles. The minimum Gasteiger partial charge on any atom is -0.367 e. The van der Waals surface area contributed by atoms with E-state index in [4.69, 9.17) is 5.26 Å². The zero-order chi connectivity index (χ0) is 11.3. The van der Waals surface area contributed by atoms with Crippen molar-refractivity contribution in [3.8, 4) is 6.07 Å². The number of anilines is 1. The van der Waals surface area contributed by atoms with Gasteiger partial charge in [0.1, 0.15) is 11.0 Å². The highest BCUT2D eigenvalue weighted by Crippen LogP contribution is 2.19. The Hall–Kier alpha value is -1.00. The van der Waals surface area contributed by atoms with E-state index in [1.54, 1.807) is 11.8 Å². The van der Waals surface area contributed by atoms with Crippen LogP contribution in [-0.4, -0.2) is 39.2 Å². The highest BCUT2D eigenvalue weighted by molar-refractivity contribution is 7.98. The van der Waals surface area contributed by atoms with E-state index in [0.717, 1.165) is 12.3 Å². The first-order valence-electron chi connectivity index (χ1n) is 4.25. The first kappa shape index (κ1) is 12.1. The van der Waals surface area contributed by atoms with Crippen LogP contribution >= 0.6 is 11.8 Å². The molecule has 15 heavy (non-hydrogen) atoms. The molecule has 0 spiro atoms. The second-order valence-corrected chi connectivity index (χ2v) is 5.06. The van der Waals surface area contributed by atoms with E-state index < -0.39 is 10.8 Å². The topological polar surface area (TPSA) is 81.6 Å². The minimum absolute atomic E-state index is 0.266. The molecule has 0 aliphatic heterocycles. The number of aromatic nitrogens is 2. The smallest absolute Gasteiger partial charge is 0.165 e.